The van der Waals surface area contributed by atoms with Crippen LogP contribution in [0.3, 0.4) is 0 Å². The smallest absolute Gasteiger partial charge is 0.252 e. The summed E-state index contributed by atoms with van der Waals surface area (Å²) < 4.78 is 5.72. The Bertz CT molecular complexity index is 824. The Hall–Kier alpha value is -2.66. The predicted molar refractivity (Wildman–Crippen MR) is 108 cm³/mol. The molecule has 2 aromatic rings. The number of benzene rings is 2. The van der Waals surface area contributed by atoms with Crippen molar-refractivity contribution in [1.82, 2.24) is 4.90 Å². The van der Waals surface area contributed by atoms with Crippen molar-refractivity contribution in [3.8, 4) is 0 Å². The molecule has 1 spiro atoms. The summed E-state index contributed by atoms with van der Waals surface area (Å²) in [6, 6.07) is 19.8. The topological polar surface area (TPSA) is 49.9 Å². The third-order valence-corrected chi connectivity index (χ3v) is 5.76. The summed E-state index contributed by atoms with van der Waals surface area (Å²) in [5.41, 5.74) is 1.89. The molecule has 2 heterocycles. The number of para-hydroxylation sites is 1. The van der Waals surface area contributed by atoms with Gasteiger partial charge in [0.25, 0.3) is 5.91 Å². The van der Waals surface area contributed by atoms with Gasteiger partial charge in [-0.25, -0.2) is 0 Å². The van der Waals surface area contributed by atoms with Gasteiger partial charge in [-0.05, 0) is 30.5 Å². The van der Waals surface area contributed by atoms with Crippen LogP contribution in [0, 0.1) is 5.41 Å². The molecule has 5 heteroatoms. The van der Waals surface area contributed by atoms with Crippen molar-refractivity contribution in [2.24, 2.45) is 5.41 Å². The minimum atomic E-state index is -0.190. The highest BCUT2D eigenvalue weighted by Crippen LogP contribution is 2.35. The number of hydrogen-bond donors (Lipinski definition) is 0. The van der Waals surface area contributed by atoms with E-state index < -0.39 is 0 Å². The average molecular weight is 378 g/mol. The Morgan fingerprint density at radius 2 is 1.71 bits per heavy atom. The summed E-state index contributed by atoms with van der Waals surface area (Å²) >= 11 is 0. The van der Waals surface area contributed by atoms with Gasteiger partial charge in [0.2, 0.25) is 5.91 Å². The van der Waals surface area contributed by atoms with Crippen LogP contribution in [0.2, 0.25) is 0 Å². The van der Waals surface area contributed by atoms with E-state index in [4.69, 9.17) is 4.74 Å². The van der Waals surface area contributed by atoms with Crippen molar-refractivity contribution in [2.75, 3.05) is 37.7 Å². The van der Waals surface area contributed by atoms with Crippen LogP contribution < -0.4 is 4.90 Å². The quantitative estimate of drug-likeness (QED) is 0.822. The zero-order chi connectivity index (χ0) is 19.4. The summed E-state index contributed by atoms with van der Waals surface area (Å²) in [5, 5.41) is 0. The van der Waals surface area contributed by atoms with Crippen molar-refractivity contribution in [3.63, 3.8) is 0 Å². The minimum Gasteiger partial charge on any atom is -0.371 e. The fraction of sp³-hybridized carbons (Fsp3) is 0.391. The largest absolute Gasteiger partial charge is 0.371 e. The van der Waals surface area contributed by atoms with E-state index in [1.165, 1.54) is 5.56 Å². The van der Waals surface area contributed by atoms with Gasteiger partial charge in [0.1, 0.15) is 6.61 Å². The molecule has 0 aliphatic carbocycles. The maximum absolute atomic E-state index is 12.8. The molecule has 2 fully saturated rings. The van der Waals surface area contributed by atoms with Gasteiger partial charge >= 0.3 is 0 Å². The zero-order valence-corrected chi connectivity index (χ0v) is 16.0. The number of ether oxygens (including phenoxy) is 1. The Morgan fingerprint density at radius 1 is 1.00 bits per heavy atom. The number of anilines is 1. The summed E-state index contributed by atoms with van der Waals surface area (Å²) in [6.45, 7) is 2.59. The Labute approximate surface area is 165 Å². The summed E-state index contributed by atoms with van der Waals surface area (Å²) in [5.74, 6) is 0.166. The van der Waals surface area contributed by atoms with E-state index in [1.54, 1.807) is 0 Å². The van der Waals surface area contributed by atoms with Gasteiger partial charge in [0.15, 0.2) is 0 Å². The van der Waals surface area contributed by atoms with Crippen LogP contribution in [0.1, 0.15) is 18.4 Å². The number of carbonyl (C=O) groups excluding carboxylic acids is 2. The Morgan fingerprint density at radius 3 is 2.46 bits per heavy atom. The molecule has 0 radical (unpaired) electrons. The molecule has 4 rings (SSSR count). The monoisotopic (exact) mass is 378 g/mol. The molecule has 2 aromatic carbocycles. The molecule has 2 aliphatic heterocycles. The molecule has 28 heavy (non-hydrogen) atoms. The lowest BCUT2D eigenvalue weighted by Gasteiger charge is -2.32. The second kappa shape index (κ2) is 8.15. The zero-order valence-electron chi connectivity index (χ0n) is 16.0. The van der Waals surface area contributed by atoms with Crippen molar-refractivity contribution in [3.05, 3.63) is 66.2 Å². The fourth-order valence-corrected chi connectivity index (χ4v) is 4.19. The van der Waals surface area contributed by atoms with E-state index in [-0.39, 0.29) is 23.8 Å². The van der Waals surface area contributed by atoms with Crippen LogP contribution in [0.15, 0.2) is 60.7 Å². The van der Waals surface area contributed by atoms with Gasteiger partial charge in [-0.1, -0.05) is 48.5 Å². The number of hydrogen-bond acceptors (Lipinski definition) is 3. The Kier molecular flexibility index (Phi) is 5.44. The summed E-state index contributed by atoms with van der Waals surface area (Å²) in [6.07, 6.45) is 2.14. The summed E-state index contributed by atoms with van der Waals surface area (Å²) in [4.78, 5) is 29.1. The van der Waals surface area contributed by atoms with E-state index in [1.807, 2.05) is 58.3 Å². The van der Waals surface area contributed by atoms with Gasteiger partial charge in [-0.15, -0.1) is 0 Å². The average Bonchev–Trinajstić information content (AvgIpc) is 3.08. The molecular weight excluding hydrogens is 352 g/mol. The molecule has 0 bridgehead atoms. The maximum Gasteiger partial charge on any atom is 0.252 e. The standard InChI is InChI=1S/C23H26N2O3/c26-21(12-11-19-7-3-1-4-8-19)24-14-13-23(16-24)17-25(22(27)15-28-18-23)20-9-5-2-6-10-20/h1-10H,11-18H2. The highest BCUT2D eigenvalue weighted by Gasteiger charge is 2.44. The number of amides is 2. The van der Waals surface area contributed by atoms with Gasteiger partial charge in [0, 0.05) is 37.2 Å². The maximum atomic E-state index is 12.8. The SMILES string of the molecule is O=C(CCc1ccccc1)N1CCC2(COCC(=O)N(c3ccccc3)C2)C1. The lowest BCUT2D eigenvalue weighted by atomic mass is 9.87. The molecule has 1 unspecified atom stereocenters. The van der Waals surface area contributed by atoms with E-state index in [0.717, 1.165) is 25.1 Å². The van der Waals surface area contributed by atoms with Crippen molar-refractivity contribution >= 4 is 17.5 Å². The summed E-state index contributed by atoms with van der Waals surface area (Å²) in [7, 11) is 0. The third-order valence-electron chi connectivity index (χ3n) is 5.76. The molecule has 146 valence electrons. The lowest BCUT2D eigenvalue weighted by Crippen LogP contribution is -2.43. The highest BCUT2D eigenvalue weighted by atomic mass is 16.5. The van der Waals surface area contributed by atoms with Crippen LogP contribution in [0.5, 0.6) is 0 Å². The fourth-order valence-electron chi connectivity index (χ4n) is 4.19. The van der Waals surface area contributed by atoms with Gasteiger partial charge < -0.3 is 14.5 Å². The highest BCUT2D eigenvalue weighted by molar-refractivity contribution is 5.94. The van der Waals surface area contributed by atoms with Crippen LogP contribution in [-0.2, 0) is 20.7 Å². The van der Waals surface area contributed by atoms with E-state index in [2.05, 4.69) is 12.1 Å². The van der Waals surface area contributed by atoms with E-state index in [9.17, 15) is 9.59 Å². The molecular formula is C23H26N2O3. The van der Waals surface area contributed by atoms with Crippen LogP contribution in [0.4, 0.5) is 5.69 Å². The first kappa shape index (κ1) is 18.7. The number of carbonyl (C=O) groups is 2. The third kappa shape index (κ3) is 4.09. The molecule has 0 aromatic heterocycles. The van der Waals surface area contributed by atoms with Gasteiger partial charge in [-0.2, -0.15) is 0 Å². The molecule has 2 aliphatic rings. The second-order valence-electron chi connectivity index (χ2n) is 7.86. The molecule has 0 N–H and O–H groups in total. The molecule has 5 nitrogen and oxygen atoms in total. The van der Waals surface area contributed by atoms with E-state index in [0.29, 0.717) is 26.1 Å². The van der Waals surface area contributed by atoms with Crippen LogP contribution >= 0.6 is 0 Å². The first-order valence-corrected chi connectivity index (χ1v) is 9.90. The van der Waals surface area contributed by atoms with E-state index >= 15 is 0 Å². The van der Waals surface area contributed by atoms with Crippen molar-refractivity contribution in [1.29, 1.82) is 0 Å². The molecule has 2 saturated heterocycles. The van der Waals surface area contributed by atoms with Gasteiger partial charge in [0.05, 0.1) is 6.61 Å². The molecule has 1 atom stereocenters. The second-order valence-corrected chi connectivity index (χ2v) is 7.86. The Balaban J connectivity index is 1.42. The predicted octanol–water partition coefficient (Wildman–Crippen LogP) is 2.90. The normalized spacial score (nSPS) is 22.5. The molecule has 2 amide bonds. The van der Waals surface area contributed by atoms with Crippen LogP contribution in [0.25, 0.3) is 0 Å². The first-order valence-electron chi connectivity index (χ1n) is 9.90. The van der Waals surface area contributed by atoms with Crippen LogP contribution in [-0.4, -0.2) is 49.6 Å². The number of aryl methyl sites for hydroxylation is 1. The minimum absolute atomic E-state index is 0.0167. The number of rotatable bonds is 4. The first-order chi connectivity index (χ1) is 13.7. The number of nitrogens with zero attached hydrogens (tertiary/aromatic N) is 2. The molecule has 0 saturated carbocycles. The van der Waals surface area contributed by atoms with Crippen molar-refractivity contribution in [2.45, 2.75) is 19.3 Å². The van der Waals surface area contributed by atoms with Gasteiger partial charge in [-0.3, -0.25) is 9.59 Å². The lowest BCUT2D eigenvalue weighted by molar-refractivity contribution is -0.130. The number of likely N-dealkylation sites (tertiary alicyclic amines) is 1. The van der Waals surface area contributed by atoms with Crippen molar-refractivity contribution < 1.29 is 14.3 Å².